The summed E-state index contributed by atoms with van der Waals surface area (Å²) in [6.45, 7) is 2.00. The van der Waals surface area contributed by atoms with Gasteiger partial charge in [0.2, 0.25) is 0 Å². The fourth-order valence-electron chi connectivity index (χ4n) is 2.50. The summed E-state index contributed by atoms with van der Waals surface area (Å²) < 4.78 is 0. The van der Waals surface area contributed by atoms with Crippen molar-refractivity contribution in [3.05, 3.63) is 54.6 Å². The van der Waals surface area contributed by atoms with E-state index in [1.807, 2.05) is 43.3 Å². The molecule has 0 saturated carbocycles. The summed E-state index contributed by atoms with van der Waals surface area (Å²) in [4.78, 5) is 16.3. The lowest BCUT2D eigenvalue weighted by Gasteiger charge is -2.08. The van der Waals surface area contributed by atoms with E-state index >= 15 is 0 Å². The number of anilines is 2. The maximum absolute atomic E-state index is 4.45. The Hall–Kier alpha value is -2.95. The van der Waals surface area contributed by atoms with Crippen LogP contribution in [0.3, 0.4) is 0 Å². The van der Waals surface area contributed by atoms with Crippen molar-refractivity contribution in [2.75, 3.05) is 5.32 Å². The lowest BCUT2D eigenvalue weighted by molar-refractivity contribution is 1.18. The zero-order valence-electron chi connectivity index (χ0n) is 11.5. The van der Waals surface area contributed by atoms with Gasteiger partial charge in [-0.15, -0.1) is 0 Å². The maximum Gasteiger partial charge on any atom is 0.143 e. The first-order valence-corrected chi connectivity index (χ1v) is 6.72. The Balaban J connectivity index is 1.87. The highest BCUT2D eigenvalue weighted by Crippen LogP contribution is 2.27. The first-order valence-electron chi connectivity index (χ1n) is 6.72. The van der Waals surface area contributed by atoms with Crippen molar-refractivity contribution >= 4 is 33.4 Å². The predicted octanol–water partition coefficient (Wildman–Crippen LogP) is 3.56. The number of para-hydroxylation sites is 1. The van der Waals surface area contributed by atoms with E-state index in [1.165, 1.54) is 0 Å². The van der Waals surface area contributed by atoms with E-state index in [0.717, 1.165) is 39.1 Å². The summed E-state index contributed by atoms with van der Waals surface area (Å²) in [6.07, 6.45) is 3.35. The lowest BCUT2D eigenvalue weighted by atomic mass is 10.2. The average Bonchev–Trinajstić information content (AvgIpc) is 2.89. The van der Waals surface area contributed by atoms with Crippen LogP contribution >= 0.6 is 0 Å². The van der Waals surface area contributed by atoms with Gasteiger partial charge in [0.15, 0.2) is 0 Å². The molecule has 0 aliphatic carbocycles. The number of fused-ring (bicyclic) bond motifs is 2. The Labute approximate surface area is 121 Å². The number of nitrogens with one attached hydrogen (secondary N) is 2. The van der Waals surface area contributed by atoms with Crippen molar-refractivity contribution in [3.63, 3.8) is 0 Å². The average molecular weight is 275 g/mol. The molecule has 0 aliphatic heterocycles. The standard InChI is InChI=1S/C16H13N5/c1-10-8-12-15(20-10)18-9-19-16(12)21-13-6-2-4-11-5-3-7-17-14(11)13/h2-9H,1H3,(H2,18,19,20,21). The largest absolute Gasteiger partial charge is 0.343 e. The highest BCUT2D eigenvalue weighted by molar-refractivity contribution is 5.96. The summed E-state index contributed by atoms with van der Waals surface area (Å²) in [6, 6.07) is 12.1. The Bertz CT molecular complexity index is 936. The zero-order valence-corrected chi connectivity index (χ0v) is 11.5. The number of aryl methyl sites for hydroxylation is 1. The molecule has 0 saturated heterocycles. The monoisotopic (exact) mass is 275 g/mol. The van der Waals surface area contributed by atoms with Gasteiger partial charge in [-0.2, -0.15) is 0 Å². The number of aromatic nitrogens is 4. The number of H-pyrrole nitrogens is 1. The van der Waals surface area contributed by atoms with Crippen LogP contribution < -0.4 is 5.32 Å². The molecule has 0 fully saturated rings. The van der Waals surface area contributed by atoms with E-state index in [4.69, 9.17) is 0 Å². The van der Waals surface area contributed by atoms with E-state index in [2.05, 4.69) is 25.3 Å². The molecule has 102 valence electrons. The summed E-state index contributed by atoms with van der Waals surface area (Å²) in [7, 11) is 0. The topological polar surface area (TPSA) is 66.5 Å². The normalized spacial score (nSPS) is 11.1. The zero-order chi connectivity index (χ0) is 14.2. The molecule has 2 N–H and O–H groups in total. The molecular weight excluding hydrogens is 262 g/mol. The number of pyridine rings is 1. The van der Waals surface area contributed by atoms with Crippen LogP contribution in [0.15, 0.2) is 48.9 Å². The third-order valence-electron chi connectivity index (χ3n) is 3.45. The molecule has 0 aliphatic rings. The van der Waals surface area contributed by atoms with Crippen LogP contribution in [0.4, 0.5) is 11.5 Å². The second-order valence-electron chi connectivity index (χ2n) is 4.94. The van der Waals surface area contributed by atoms with Crippen molar-refractivity contribution in [1.82, 2.24) is 19.9 Å². The number of hydrogen-bond donors (Lipinski definition) is 2. The van der Waals surface area contributed by atoms with Crippen LogP contribution in [0, 0.1) is 6.92 Å². The maximum atomic E-state index is 4.45. The Morgan fingerprint density at radius 3 is 2.90 bits per heavy atom. The van der Waals surface area contributed by atoms with Gasteiger partial charge in [0.05, 0.1) is 16.6 Å². The van der Waals surface area contributed by atoms with Crippen LogP contribution in [-0.4, -0.2) is 19.9 Å². The molecule has 3 aromatic heterocycles. The second kappa shape index (κ2) is 4.56. The molecule has 1 aromatic carbocycles. The Morgan fingerprint density at radius 2 is 1.95 bits per heavy atom. The number of rotatable bonds is 2. The van der Waals surface area contributed by atoms with Crippen LogP contribution in [0.5, 0.6) is 0 Å². The number of hydrogen-bond acceptors (Lipinski definition) is 4. The van der Waals surface area contributed by atoms with Crippen molar-refractivity contribution in [3.8, 4) is 0 Å². The molecule has 3 heterocycles. The third kappa shape index (κ3) is 1.99. The number of nitrogens with zero attached hydrogens (tertiary/aromatic N) is 3. The van der Waals surface area contributed by atoms with Gasteiger partial charge in [-0.25, -0.2) is 9.97 Å². The van der Waals surface area contributed by atoms with Crippen LogP contribution in [0.2, 0.25) is 0 Å². The summed E-state index contributed by atoms with van der Waals surface area (Å²) >= 11 is 0. The van der Waals surface area contributed by atoms with Gasteiger partial charge in [-0.05, 0) is 25.1 Å². The molecule has 4 rings (SSSR count). The second-order valence-corrected chi connectivity index (χ2v) is 4.94. The molecule has 0 bridgehead atoms. The number of benzene rings is 1. The fourth-order valence-corrected chi connectivity index (χ4v) is 2.50. The highest BCUT2D eigenvalue weighted by atomic mass is 15.0. The molecular formula is C16H13N5. The van der Waals surface area contributed by atoms with Crippen LogP contribution in [0.25, 0.3) is 21.9 Å². The molecule has 4 aromatic rings. The van der Waals surface area contributed by atoms with Gasteiger partial charge in [-0.1, -0.05) is 18.2 Å². The fraction of sp³-hybridized carbons (Fsp3) is 0.0625. The SMILES string of the molecule is Cc1cc2c(Nc3cccc4cccnc34)ncnc2[nH]1. The van der Waals surface area contributed by atoms with E-state index in [0.29, 0.717) is 0 Å². The van der Waals surface area contributed by atoms with Gasteiger partial charge >= 0.3 is 0 Å². The van der Waals surface area contributed by atoms with Crippen molar-refractivity contribution in [2.45, 2.75) is 6.92 Å². The van der Waals surface area contributed by atoms with Crippen molar-refractivity contribution in [1.29, 1.82) is 0 Å². The lowest BCUT2D eigenvalue weighted by Crippen LogP contribution is -1.96. The van der Waals surface area contributed by atoms with E-state index in [9.17, 15) is 0 Å². The molecule has 0 radical (unpaired) electrons. The smallest absolute Gasteiger partial charge is 0.143 e. The minimum absolute atomic E-state index is 0.780. The van der Waals surface area contributed by atoms with Gasteiger partial charge in [0, 0.05) is 17.3 Å². The molecule has 21 heavy (non-hydrogen) atoms. The van der Waals surface area contributed by atoms with Crippen molar-refractivity contribution in [2.24, 2.45) is 0 Å². The minimum atomic E-state index is 0.780. The molecule has 5 nitrogen and oxygen atoms in total. The van der Waals surface area contributed by atoms with E-state index < -0.39 is 0 Å². The molecule has 0 unspecified atom stereocenters. The van der Waals surface area contributed by atoms with Gasteiger partial charge in [-0.3, -0.25) is 4.98 Å². The Morgan fingerprint density at radius 1 is 1.05 bits per heavy atom. The van der Waals surface area contributed by atoms with Crippen molar-refractivity contribution < 1.29 is 0 Å². The molecule has 0 atom stereocenters. The van der Waals surface area contributed by atoms with Gasteiger partial charge in [0.25, 0.3) is 0 Å². The quantitative estimate of drug-likeness (QED) is 0.587. The first-order chi connectivity index (χ1) is 10.3. The van der Waals surface area contributed by atoms with Gasteiger partial charge < -0.3 is 10.3 Å². The van der Waals surface area contributed by atoms with E-state index in [-0.39, 0.29) is 0 Å². The third-order valence-corrected chi connectivity index (χ3v) is 3.45. The van der Waals surface area contributed by atoms with E-state index in [1.54, 1.807) is 12.5 Å². The summed E-state index contributed by atoms with van der Waals surface area (Å²) in [5, 5.41) is 5.44. The highest BCUT2D eigenvalue weighted by Gasteiger charge is 2.08. The van der Waals surface area contributed by atoms with Crippen LogP contribution in [0.1, 0.15) is 5.69 Å². The predicted molar refractivity (Wildman–Crippen MR) is 83.7 cm³/mol. The minimum Gasteiger partial charge on any atom is -0.343 e. The molecule has 0 amide bonds. The van der Waals surface area contributed by atoms with Gasteiger partial charge in [0.1, 0.15) is 17.8 Å². The molecule has 0 spiro atoms. The number of aromatic amines is 1. The summed E-state index contributed by atoms with van der Waals surface area (Å²) in [5.41, 5.74) is 3.76. The first kappa shape index (κ1) is 11.8. The Kier molecular flexibility index (Phi) is 2.57. The van der Waals surface area contributed by atoms with Crippen LogP contribution in [-0.2, 0) is 0 Å². The molecule has 5 heteroatoms. The summed E-state index contributed by atoms with van der Waals surface area (Å²) in [5.74, 6) is 0.780.